The van der Waals surface area contributed by atoms with Gasteiger partial charge >= 0.3 is 0 Å². The van der Waals surface area contributed by atoms with Gasteiger partial charge in [-0.05, 0) is 60.4 Å². The Morgan fingerprint density at radius 1 is 1.10 bits per heavy atom. The van der Waals surface area contributed by atoms with Gasteiger partial charge < -0.3 is 15.0 Å². The van der Waals surface area contributed by atoms with Crippen LogP contribution in [0, 0.1) is 0 Å². The number of thioether (sulfide) groups is 1. The number of benzene rings is 3. The van der Waals surface area contributed by atoms with Crippen molar-refractivity contribution in [2.45, 2.75) is 24.6 Å². The van der Waals surface area contributed by atoms with Gasteiger partial charge in [0.1, 0.15) is 22.8 Å². The number of para-hydroxylation sites is 2. The van der Waals surface area contributed by atoms with Gasteiger partial charge in [0.2, 0.25) is 5.91 Å². The molecule has 0 spiro atoms. The number of halogens is 1. The number of anilines is 1. The van der Waals surface area contributed by atoms with Crippen molar-refractivity contribution in [1.29, 1.82) is 0 Å². The Morgan fingerprint density at radius 3 is 2.67 bits per heavy atom. The topological polar surface area (TPSA) is 108 Å². The molecule has 1 aliphatic heterocycles. The van der Waals surface area contributed by atoms with Crippen molar-refractivity contribution in [1.82, 2.24) is 10.8 Å². The summed E-state index contributed by atoms with van der Waals surface area (Å²) in [5, 5.41) is 12.0. The van der Waals surface area contributed by atoms with Crippen molar-refractivity contribution in [2.75, 3.05) is 23.8 Å². The lowest BCUT2D eigenvalue weighted by molar-refractivity contribution is -0.129. The maximum atomic E-state index is 12.9. The molecule has 1 unspecified atom stereocenters. The van der Waals surface area contributed by atoms with E-state index in [1.54, 1.807) is 29.4 Å². The molecule has 1 aliphatic rings. The number of nitrogens with zero attached hydrogens (tertiary/aromatic N) is 1. The Morgan fingerprint density at radius 2 is 1.90 bits per heavy atom. The van der Waals surface area contributed by atoms with Gasteiger partial charge in [0.05, 0.1) is 12.3 Å². The summed E-state index contributed by atoms with van der Waals surface area (Å²) in [6.07, 6.45) is 1.21. The number of hydrogen-bond acceptors (Lipinski definition) is 7. The van der Waals surface area contributed by atoms with Crippen molar-refractivity contribution in [3.05, 3.63) is 100 Å². The van der Waals surface area contributed by atoms with Crippen LogP contribution in [0.5, 0.6) is 5.75 Å². The van der Waals surface area contributed by atoms with E-state index in [-0.39, 0.29) is 24.3 Å². The lowest BCUT2D eigenvalue weighted by Gasteiger charge is -2.28. The zero-order valence-electron chi connectivity index (χ0n) is 21.1. The highest BCUT2D eigenvalue weighted by Gasteiger charge is 2.34. The number of hydroxylamine groups is 1. The minimum atomic E-state index is -0.483. The summed E-state index contributed by atoms with van der Waals surface area (Å²) in [6.45, 7) is 0.736. The monoisotopic (exact) mass is 565 g/mol. The van der Waals surface area contributed by atoms with Gasteiger partial charge in [-0.1, -0.05) is 48.0 Å². The molecule has 2 amide bonds. The Labute approximate surface area is 235 Å². The summed E-state index contributed by atoms with van der Waals surface area (Å²) in [7, 11) is 0. The molecular formula is C29H28ClN3O5S. The zero-order valence-corrected chi connectivity index (χ0v) is 22.6. The average Bonchev–Trinajstić information content (AvgIpc) is 3.40. The molecule has 1 atom stereocenters. The second-order valence-corrected chi connectivity index (χ2v) is 10.3. The molecule has 0 radical (unpaired) electrons. The van der Waals surface area contributed by atoms with E-state index in [0.717, 1.165) is 11.1 Å². The van der Waals surface area contributed by atoms with Crippen LogP contribution in [0.2, 0.25) is 5.02 Å². The molecule has 39 heavy (non-hydrogen) atoms. The standard InChI is InChI=1S/C29H28ClN3O5S/c30-23-12-10-20(11-13-23)14-15-31-28(36)21-5-3-6-22(17-21)29-33(24(18-34)19-39-29)25-7-1-2-8-26(25)38-16-4-9-27(35)32-37/h1-3,5-8,10-13,17,29,37H,4,9,14-16,19H2,(H,31,36)(H,32,35). The van der Waals surface area contributed by atoms with Crippen molar-refractivity contribution in [3.63, 3.8) is 0 Å². The first kappa shape index (κ1) is 28.3. The molecule has 1 heterocycles. The molecule has 3 aromatic carbocycles. The molecule has 1 fully saturated rings. The van der Waals surface area contributed by atoms with Crippen LogP contribution in [0.4, 0.5) is 5.69 Å². The number of hydrogen-bond donors (Lipinski definition) is 3. The average molecular weight is 566 g/mol. The maximum absolute atomic E-state index is 12.9. The minimum Gasteiger partial charge on any atom is -0.491 e. The predicted octanol–water partition coefficient (Wildman–Crippen LogP) is 4.94. The first-order chi connectivity index (χ1) is 19.0. The van der Waals surface area contributed by atoms with Crippen LogP contribution in [0.3, 0.4) is 0 Å². The van der Waals surface area contributed by atoms with E-state index in [9.17, 15) is 14.4 Å². The van der Waals surface area contributed by atoms with Crippen molar-refractivity contribution in [2.24, 2.45) is 0 Å². The summed E-state index contributed by atoms with van der Waals surface area (Å²) in [4.78, 5) is 38.0. The Kier molecular flexibility index (Phi) is 10.1. The summed E-state index contributed by atoms with van der Waals surface area (Å²) < 4.78 is 5.94. The van der Waals surface area contributed by atoms with Crippen molar-refractivity contribution < 1.29 is 24.3 Å². The highest BCUT2D eigenvalue weighted by Crippen LogP contribution is 2.48. The van der Waals surface area contributed by atoms with Crippen molar-refractivity contribution in [3.8, 4) is 5.75 Å². The number of ether oxygens (including phenoxy) is 1. The lowest BCUT2D eigenvalue weighted by atomic mass is 10.1. The van der Waals surface area contributed by atoms with Crippen LogP contribution in [0.1, 0.15) is 39.7 Å². The molecule has 0 aliphatic carbocycles. The highest BCUT2D eigenvalue weighted by atomic mass is 35.5. The minimum absolute atomic E-state index is 0.120. The Bertz CT molecular complexity index is 1360. The molecule has 4 rings (SSSR count). The van der Waals surface area contributed by atoms with Gasteiger partial charge in [-0.25, -0.2) is 10.3 Å². The number of carbonyl (C=O) groups excluding carboxylic acids is 3. The summed E-state index contributed by atoms with van der Waals surface area (Å²) in [5.74, 6) is 2.41. The van der Waals surface area contributed by atoms with E-state index in [1.165, 1.54) is 0 Å². The predicted molar refractivity (Wildman–Crippen MR) is 152 cm³/mol. The molecule has 0 bridgehead atoms. The third-order valence-electron chi connectivity index (χ3n) is 6.12. The van der Waals surface area contributed by atoms with Crippen LogP contribution in [-0.4, -0.2) is 41.9 Å². The number of rotatable bonds is 11. The lowest BCUT2D eigenvalue weighted by Crippen LogP contribution is -2.26. The Balaban J connectivity index is 1.48. The maximum Gasteiger partial charge on any atom is 0.251 e. The van der Waals surface area contributed by atoms with E-state index in [2.05, 4.69) is 11.3 Å². The molecule has 3 aromatic rings. The Hall–Kier alpha value is -3.75. The molecule has 8 nitrogen and oxygen atoms in total. The number of nitrogens with one attached hydrogen (secondary N) is 2. The third kappa shape index (κ3) is 7.43. The first-order valence-corrected chi connectivity index (χ1v) is 13.8. The van der Waals surface area contributed by atoms with Gasteiger partial charge in [-0.3, -0.25) is 14.8 Å². The van der Waals surface area contributed by atoms with Gasteiger partial charge in [0, 0.05) is 29.3 Å². The summed E-state index contributed by atoms with van der Waals surface area (Å²) in [6, 6.07) is 22.2. The van der Waals surface area contributed by atoms with Gasteiger partial charge in [0.15, 0.2) is 0 Å². The number of amides is 2. The normalized spacial score (nSPS) is 14.6. The quantitative estimate of drug-likeness (QED) is 0.131. The third-order valence-corrected chi connectivity index (χ3v) is 7.61. The highest BCUT2D eigenvalue weighted by molar-refractivity contribution is 8.00. The van der Waals surface area contributed by atoms with E-state index in [1.807, 2.05) is 65.6 Å². The second-order valence-electron chi connectivity index (χ2n) is 8.79. The van der Waals surface area contributed by atoms with Crippen LogP contribution >= 0.6 is 23.4 Å². The van der Waals surface area contributed by atoms with Crippen molar-refractivity contribution >= 4 is 46.8 Å². The molecule has 3 N–H and O–H groups in total. The first-order valence-electron chi connectivity index (χ1n) is 12.4. The number of carbonyl (C=O) groups is 2. The van der Waals surface area contributed by atoms with Crippen LogP contribution < -0.4 is 20.4 Å². The molecular weight excluding hydrogens is 538 g/mol. The fraction of sp³-hybridized carbons (Fsp3) is 0.241. The molecule has 0 saturated carbocycles. The fourth-order valence-electron chi connectivity index (χ4n) is 4.20. The largest absolute Gasteiger partial charge is 0.491 e. The smallest absolute Gasteiger partial charge is 0.251 e. The van der Waals surface area contributed by atoms with Gasteiger partial charge in [-0.15, -0.1) is 11.8 Å². The van der Waals surface area contributed by atoms with E-state index in [0.29, 0.717) is 52.9 Å². The molecule has 10 heteroatoms. The molecule has 0 aromatic heterocycles. The van der Waals surface area contributed by atoms with Crippen LogP contribution in [0.15, 0.2) is 78.5 Å². The van der Waals surface area contributed by atoms with E-state index >= 15 is 0 Å². The summed E-state index contributed by atoms with van der Waals surface area (Å²) in [5.41, 5.74) is 5.24. The van der Waals surface area contributed by atoms with E-state index in [4.69, 9.17) is 21.5 Å². The second kappa shape index (κ2) is 13.9. The van der Waals surface area contributed by atoms with Crippen LogP contribution in [-0.2, 0) is 16.0 Å². The fourth-order valence-corrected chi connectivity index (χ4v) is 5.56. The summed E-state index contributed by atoms with van der Waals surface area (Å²) >= 11 is 7.50. The SMILES string of the molecule is O=C=C1CSC(c2cccc(C(=O)NCCc3ccc(Cl)cc3)c2)N1c1ccccc1OCCCC(=O)NO. The van der Waals surface area contributed by atoms with Crippen LogP contribution in [0.25, 0.3) is 0 Å². The molecule has 1 saturated heterocycles. The van der Waals surface area contributed by atoms with Gasteiger partial charge in [0.25, 0.3) is 5.91 Å². The van der Waals surface area contributed by atoms with E-state index < -0.39 is 5.91 Å². The zero-order chi connectivity index (χ0) is 27.6. The van der Waals surface area contributed by atoms with Gasteiger partial charge in [-0.2, -0.15) is 0 Å². The molecule has 202 valence electrons.